The molecule has 1 saturated heterocycles. The zero-order valence-electron chi connectivity index (χ0n) is 10.6. The SMILES string of the molecule is COC(=O)C1(C(c2cc(Br)cs2)N(C)C)COC1. The van der Waals surface area contributed by atoms with Crippen LogP contribution < -0.4 is 0 Å². The quantitative estimate of drug-likeness (QED) is 0.792. The highest BCUT2D eigenvalue weighted by molar-refractivity contribution is 9.10. The van der Waals surface area contributed by atoms with Crippen molar-refractivity contribution in [3.8, 4) is 0 Å². The maximum atomic E-state index is 12.1. The van der Waals surface area contributed by atoms with E-state index in [0.29, 0.717) is 13.2 Å². The molecule has 1 fully saturated rings. The van der Waals surface area contributed by atoms with Crippen molar-refractivity contribution in [1.29, 1.82) is 0 Å². The Hall–Kier alpha value is -0.430. The summed E-state index contributed by atoms with van der Waals surface area (Å²) in [4.78, 5) is 15.3. The highest BCUT2D eigenvalue weighted by atomic mass is 79.9. The minimum Gasteiger partial charge on any atom is -0.468 e. The fourth-order valence-electron chi connectivity index (χ4n) is 2.41. The second-order valence-electron chi connectivity index (χ2n) is 4.67. The van der Waals surface area contributed by atoms with Gasteiger partial charge in [-0.1, -0.05) is 0 Å². The number of hydrogen-bond donors (Lipinski definition) is 0. The van der Waals surface area contributed by atoms with Gasteiger partial charge in [-0.25, -0.2) is 0 Å². The number of esters is 1. The van der Waals surface area contributed by atoms with Crippen molar-refractivity contribution in [3.63, 3.8) is 0 Å². The molecule has 0 saturated carbocycles. The van der Waals surface area contributed by atoms with E-state index in [1.54, 1.807) is 11.3 Å². The van der Waals surface area contributed by atoms with Crippen molar-refractivity contribution in [3.05, 3.63) is 20.8 Å². The molecule has 1 unspecified atom stereocenters. The normalized spacial score (nSPS) is 19.4. The molecule has 0 aliphatic carbocycles. The monoisotopic (exact) mass is 333 g/mol. The Labute approximate surface area is 119 Å². The van der Waals surface area contributed by atoms with Crippen LogP contribution in [0.3, 0.4) is 0 Å². The predicted octanol–water partition coefficient (Wildman–Crippen LogP) is 2.30. The summed E-state index contributed by atoms with van der Waals surface area (Å²) in [5, 5.41) is 2.02. The Kier molecular flexibility index (Phi) is 4.11. The number of nitrogens with zero attached hydrogens (tertiary/aromatic N) is 1. The van der Waals surface area contributed by atoms with Crippen LogP contribution in [0.25, 0.3) is 0 Å². The van der Waals surface area contributed by atoms with E-state index in [1.807, 2.05) is 19.5 Å². The molecule has 0 N–H and O–H groups in total. The summed E-state index contributed by atoms with van der Waals surface area (Å²) in [6.07, 6.45) is 0. The summed E-state index contributed by atoms with van der Waals surface area (Å²) in [5.41, 5.74) is -0.581. The molecule has 0 spiro atoms. The van der Waals surface area contributed by atoms with Gasteiger partial charge in [0.05, 0.1) is 26.4 Å². The third-order valence-corrected chi connectivity index (χ3v) is 4.95. The van der Waals surface area contributed by atoms with Crippen LogP contribution in [0.2, 0.25) is 0 Å². The van der Waals surface area contributed by atoms with Gasteiger partial charge in [0.2, 0.25) is 0 Å². The van der Waals surface area contributed by atoms with Crippen LogP contribution in [-0.4, -0.2) is 45.3 Å². The van der Waals surface area contributed by atoms with Crippen LogP contribution in [0.15, 0.2) is 15.9 Å². The zero-order valence-corrected chi connectivity index (χ0v) is 13.0. The van der Waals surface area contributed by atoms with Gasteiger partial charge in [-0.2, -0.15) is 0 Å². The minimum absolute atomic E-state index is 0.0185. The lowest BCUT2D eigenvalue weighted by Crippen LogP contribution is -2.56. The third-order valence-electron chi connectivity index (χ3n) is 3.21. The lowest BCUT2D eigenvalue weighted by molar-refractivity contribution is -0.196. The number of ether oxygens (including phenoxy) is 2. The van der Waals surface area contributed by atoms with Crippen LogP contribution in [0.1, 0.15) is 10.9 Å². The number of carbonyl (C=O) groups excluding carboxylic acids is 1. The number of halogens is 1. The summed E-state index contributed by atoms with van der Waals surface area (Å²) >= 11 is 5.09. The maximum Gasteiger partial charge on any atom is 0.318 e. The summed E-state index contributed by atoms with van der Waals surface area (Å²) in [5.74, 6) is -0.197. The highest BCUT2D eigenvalue weighted by Gasteiger charge is 2.55. The summed E-state index contributed by atoms with van der Waals surface area (Å²) in [7, 11) is 5.38. The first-order valence-corrected chi connectivity index (χ1v) is 7.25. The smallest absolute Gasteiger partial charge is 0.318 e. The lowest BCUT2D eigenvalue weighted by Gasteiger charge is -2.46. The predicted molar refractivity (Wildman–Crippen MR) is 73.7 cm³/mol. The second-order valence-corrected chi connectivity index (χ2v) is 6.53. The Bertz CT molecular complexity index is 442. The van der Waals surface area contributed by atoms with Crippen LogP contribution in [0, 0.1) is 5.41 Å². The first-order valence-electron chi connectivity index (χ1n) is 5.58. The topological polar surface area (TPSA) is 38.8 Å². The average molecular weight is 334 g/mol. The highest BCUT2D eigenvalue weighted by Crippen LogP contribution is 2.46. The molecule has 6 heteroatoms. The number of methoxy groups -OCH3 is 1. The van der Waals surface area contributed by atoms with Gasteiger partial charge in [-0.15, -0.1) is 11.3 Å². The number of rotatable bonds is 4. The maximum absolute atomic E-state index is 12.1. The van der Waals surface area contributed by atoms with Gasteiger partial charge in [-0.3, -0.25) is 4.79 Å². The van der Waals surface area contributed by atoms with Crippen LogP contribution in [0.4, 0.5) is 0 Å². The molecule has 18 heavy (non-hydrogen) atoms. The third kappa shape index (κ3) is 2.22. The van der Waals surface area contributed by atoms with E-state index in [-0.39, 0.29) is 12.0 Å². The molecule has 0 amide bonds. The summed E-state index contributed by atoms with van der Waals surface area (Å²) in [6, 6.07) is 2.04. The fourth-order valence-corrected chi connectivity index (χ4v) is 4.16. The van der Waals surface area contributed by atoms with E-state index in [4.69, 9.17) is 9.47 Å². The first kappa shape index (κ1) is 14.0. The number of thiophene rings is 1. The molecular formula is C12H16BrNO3S. The van der Waals surface area contributed by atoms with Crippen molar-refractivity contribution in [2.24, 2.45) is 5.41 Å². The van der Waals surface area contributed by atoms with Gasteiger partial charge in [-0.05, 0) is 36.1 Å². The first-order chi connectivity index (χ1) is 8.51. The van der Waals surface area contributed by atoms with E-state index >= 15 is 0 Å². The van der Waals surface area contributed by atoms with Crippen molar-refractivity contribution < 1.29 is 14.3 Å². The molecule has 1 aliphatic heterocycles. The van der Waals surface area contributed by atoms with E-state index < -0.39 is 5.41 Å². The van der Waals surface area contributed by atoms with E-state index in [1.165, 1.54) is 7.11 Å². The van der Waals surface area contributed by atoms with Crippen molar-refractivity contribution in [2.75, 3.05) is 34.4 Å². The van der Waals surface area contributed by atoms with Gasteiger partial charge < -0.3 is 14.4 Å². The van der Waals surface area contributed by atoms with Crippen LogP contribution in [-0.2, 0) is 14.3 Å². The van der Waals surface area contributed by atoms with Gasteiger partial charge in [0, 0.05) is 14.7 Å². The van der Waals surface area contributed by atoms with Crippen LogP contribution in [0.5, 0.6) is 0 Å². The standard InChI is InChI=1S/C12H16BrNO3S/c1-14(2)10(9-4-8(13)5-18-9)12(6-17-7-12)11(15)16-3/h4-5,10H,6-7H2,1-3H3. The molecule has 2 heterocycles. The Morgan fingerprint density at radius 3 is 2.61 bits per heavy atom. The second kappa shape index (κ2) is 5.28. The van der Waals surface area contributed by atoms with Gasteiger partial charge >= 0.3 is 5.97 Å². The molecule has 0 aromatic carbocycles. The number of carbonyl (C=O) groups is 1. The Morgan fingerprint density at radius 1 is 1.61 bits per heavy atom. The van der Waals surface area contributed by atoms with E-state index in [0.717, 1.165) is 9.35 Å². The molecule has 4 nitrogen and oxygen atoms in total. The molecule has 1 atom stereocenters. The molecule has 1 aromatic heterocycles. The lowest BCUT2D eigenvalue weighted by atomic mass is 9.77. The molecule has 1 aromatic rings. The summed E-state index contributed by atoms with van der Waals surface area (Å²) < 4.78 is 11.3. The molecule has 0 radical (unpaired) electrons. The molecule has 0 bridgehead atoms. The van der Waals surface area contributed by atoms with Gasteiger partial charge in [0.15, 0.2) is 0 Å². The minimum atomic E-state index is -0.581. The van der Waals surface area contributed by atoms with Crippen molar-refractivity contribution >= 4 is 33.2 Å². The van der Waals surface area contributed by atoms with Crippen molar-refractivity contribution in [1.82, 2.24) is 4.90 Å². The fraction of sp³-hybridized carbons (Fsp3) is 0.583. The zero-order chi connectivity index (χ0) is 13.3. The molecular weight excluding hydrogens is 318 g/mol. The average Bonchev–Trinajstić information content (AvgIpc) is 2.67. The van der Waals surface area contributed by atoms with E-state index in [9.17, 15) is 4.79 Å². The largest absolute Gasteiger partial charge is 0.468 e. The molecule has 100 valence electrons. The Morgan fingerprint density at radius 2 is 2.28 bits per heavy atom. The number of hydrogen-bond acceptors (Lipinski definition) is 5. The van der Waals surface area contributed by atoms with Crippen molar-refractivity contribution in [2.45, 2.75) is 6.04 Å². The Balaban J connectivity index is 2.38. The molecule has 1 aliphatic rings. The molecule has 2 rings (SSSR count). The van der Waals surface area contributed by atoms with E-state index in [2.05, 4.69) is 26.9 Å². The van der Waals surface area contributed by atoms with Crippen LogP contribution >= 0.6 is 27.3 Å². The van der Waals surface area contributed by atoms with Gasteiger partial charge in [0.1, 0.15) is 5.41 Å². The van der Waals surface area contributed by atoms with Gasteiger partial charge in [0.25, 0.3) is 0 Å². The summed E-state index contributed by atoms with van der Waals surface area (Å²) in [6.45, 7) is 0.829.